The molecule has 1 heterocycles. The maximum atomic E-state index is 11.9. The molecular formula is C14H22N2O2S. The van der Waals surface area contributed by atoms with Crippen LogP contribution >= 0.6 is 11.3 Å². The molecule has 0 spiro atoms. The van der Waals surface area contributed by atoms with Crippen LogP contribution in [0.5, 0.6) is 5.75 Å². The number of ether oxygens (including phenoxy) is 1. The molecule has 0 bridgehead atoms. The first-order chi connectivity index (χ1) is 8.93. The molecule has 5 heteroatoms. The highest BCUT2D eigenvalue weighted by Crippen LogP contribution is 2.46. The molecule has 0 aliphatic heterocycles. The molecule has 1 aromatic rings. The third-order valence-electron chi connectivity index (χ3n) is 3.25. The highest BCUT2D eigenvalue weighted by atomic mass is 32.1. The Hall–Kier alpha value is -1.23. The average molecular weight is 282 g/mol. The molecule has 1 aromatic heterocycles. The van der Waals surface area contributed by atoms with Crippen molar-refractivity contribution in [2.24, 2.45) is 5.92 Å². The predicted molar refractivity (Wildman–Crippen MR) is 80.3 cm³/mol. The fourth-order valence-corrected chi connectivity index (χ4v) is 3.06. The highest BCUT2D eigenvalue weighted by molar-refractivity contribution is 7.19. The van der Waals surface area contributed by atoms with Gasteiger partial charge < -0.3 is 15.8 Å². The number of nitrogens with one attached hydrogen (secondary N) is 1. The lowest BCUT2D eigenvalue weighted by atomic mass is 10.2. The topological polar surface area (TPSA) is 64.3 Å². The van der Waals surface area contributed by atoms with E-state index < -0.39 is 0 Å². The van der Waals surface area contributed by atoms with Crippen molar-refractivity contribution in [3.05, 3.63) is 4.88 Å². The number of carbonyl (C=O) groups is 1. The van der Waals surface area contributed by atoms with E-state index >= 15 is 0 Å². The number of nitrogens with two attached hydrogens (primary N) is 1. The summed E-state index contributed by atoms with van der Waals surface area (Å²) in [4.78, 5) is 12.5. The summed E-state index contributed by atoms with van der Waals surface area (Å²) in [5.41, 5.74) is 6.57. The van der Waals surface area contributed by atoms with Gasteiger partial charge in [0.2, 0.25) is 0 Å². The van der Waals surface area contributed by atoms with Gasteiger partial charge >= 0.3 is 0 Å². The molecule has 1 saturated carbocycles. The van der Waals surface area contributed by atoms with Crippen molar-refractivity contribution in [3.8, 4) is 5.75 Å². The number of hydrogen-bond acceptors (Lipinski definition) is 5. The van der Waals surface area contributed by atoms with Crippen molar-refractivity contribution < 1.29 is 9.53 Å². The largest absolute Gasteiger partial charge is 0.486 e. The van der Waals surface area contributed by atoms with Gasteiger partial charge in [0.15, 0.2) is 11.5 Å². The molecule has 0 amide bonds. The van der Waals surface area contributed by atoms with Crippen LogP contribution in [-0.2, 0) is 0 Å². The summed E-state index contributed by atoms with van der Waals surface area (Å²) >= 11 is 1.42. The molecule has 1 fully saturated rings. The zero-order chi connectivity index (χ0) is 14.2. The number of ketones is 1. The van der Waals surface area contributed by atoms with Gasteiger partial charge in [0.1, 0.15) is 5.00 Å². The van der Waals surface area contributed by atoms with Gasteiger partial charge in [-0.1, -0.05) is 13.8 Å². The minimum absolute atomic E-state index is 0.0404. The molecule has 4 nitrogen and oxygen atoms in total. The van der Waals surface area contributed by atoms with Crippen LogP contribution in [0.15, 0.2) is 0 Å². The Bertz CT molecular complexity index is 482. The lowest BCUT2D eigenvalue weighted by Crippen LogP contribution is -2.10. The van der Waals surface area contributed by atoms with Crippen molar-refractivity contribution in [1.29, 1.82) is 0 Å². The minimum atomic E-state index is 0.0404. The Kier molecular flexibility index (Phi) is 4.04. The first-order valence-corrected chi connectivity index (χ1v) is 7.64. The van der Waals surface area contributed by atoms with Gasteiger partial charge in [-0.3, -0.25) is 4.79 Å². The number of carbonyl (C=O) groups excluding carboxylic acids is 1. The Labute approximate surface area is 118 Å². The van der Waals surface area contributed by atoms with Crippen LogP contribution < -0.4 is 15.8 Å². The Balaban J connectivity index is 2.30. The second-order valence-corrected chi connectivity index (χ2v) is 6.43. The lowest BCUT2D eigenvalue weighted by molar-refractivity contribution is 0.0992. The number of Topliss-reactive ketones (excluding diaryl/α,β-unsaturated/α-hetero) is 1. The van der Waals surface area contributed by atoms with Crippen LogP contribution in [0, 0.1) is 5.92 Å². The summed E-state index contributed by atoms with van der Waals surface area (Å²) < 4.78 is 5.79. The zero-order valence-electron chi connectivity index (χ0n) is 11.9. The van der Waals surface area contributed by atoms with E-state index in [0.717, 1.165) is 11.4 Å². The fourth-order valence-electron chi connectivity index (χ4n) is 1.94. The zero-order valence-corrected chi connectivity index (χ0v) is 12.8. The molecule has 2 atom stereocenters. The summed E-state index contributed by atoms with van der Waals surface area (Å²) in [6.07, 6.45) is 1.67. The van der Waals surface area contributed by atoms with Crippen LogP contribution in [0.2, 0.25) is 0 Å². The molecule has 0 saturated heterocycles. The van der Waals surface area contributed by atoms with Gasteiger partial charge in [0.25, 0.3) is 0 Å². The highest BCUT2D eigenvalue weighted by Gasteiger charge is 2.34. The summed E-state index contributed by atoms with van der Waals surface area (Å²) in [5, 5.41) is 4.34. The van der Waals surface area contributed by atoms with Crippen molar-refractivity contribution in [2.45, 2.75) is 52.7 Å². The van der Waals surface area contributed by atoms with Crippen LogP contribution in [0.1, 0.15) is 50.2 Å². The molecule has 2 rings (SSSR count). The van der Waals surface area contributed by atoms with Crippen LogP contribution in [-0.4, -0.2) is 17.9 Å². The van der Waals surface area contributed by atoms with Gasteiger partial charge in [0, 0.05) is 12.5 Å². The standard InChI is InChI=1S/C14H22N2O2S/c1-5-10(17)13-11(15)12(18-7(2)3)14(19-13)16-9-6-8(9)4/h7-9,16H,5-6,15H2,1-4H3. The Morgan fingerprint density at radius 3 is 2.68 bits per heavy atom. The minimum Gasteiger partial charge on any atom is -0.486 e. The first kappa shape index (κ1) is 14.2. The lowest BCUT2D eigenvalue weighted by Gasteiger charge is -2.12. The fraction of sp³-hybridized carbons (Fsp3) is 0.643. The molecular weight excluding hydrogens is 260 g/mol. The summed E-state index contributed by atoms with van der Waals surface area (Å²) in [6, 6.07) is 0.483. The summed E-state index contributed by atoms with van der Waals surface area (Å²) in [7, 11) is 0. The number of thiophene rings is 1. The summed E-state index contributed by atoms with van der Waals surface area (Å²) in [6.45, 7) is 7.97. The monoisotopic (exact) mass is 282 g/mol. The maximum Gasteiger partial charge on any atom is 0.177 e. The number of rotatable bonds is 6. The quantitative estimate of drug-likeness (QED) is 0.783. The first-order valence-electron chi connectivity index (χ1n) is 6.82. The van der Waals surface area contributed by atoms with E-state index in [9.17, 15) is 4.79 Å². The molecule has 3 N–H and O–H groups in total. The normalized spacial score (nSPS) is 21.5. The van der Waals surface area contributed by atoms with Crippen LogP contribution in [0.25, 0.3) is 0 Å². The van der Waals surface area contributed by atoms with E-state index in [1.165, 1.54) is 11.3 Å². The number of hydrogen-bond donors (Lipinski definition) is 2. The van der Waals surface area contributed by atoms with E-state index in [0.29, 0.717) is 34.7 Å². The van der Waals surface area contributed by atoms with Crippen molar-refractivity contribution in [1.82, 2.24) is 0 Å². The van der Waals surface area contributed by atoms with Gasteiger partial charge in [-0.2, -0.15) is 0 Å². The maximum absolute atomic E-state index is 11.9. The average Bonchev–Trinajstić information content (AvgIpc) is 2.96. The number of nitrogen functional groups attached to an aromatic ring is 1. The Morgan fingerprint density at radius 1 is 1.58 bits per heavy atom. The molecule has 1 aliphatic rings. The molecule has 106 valence electrons. The Morgan fingerprint density at radius 2 is 2.21 bits per heavy atom. The third kappa shape index (κ3) is 3.03. The van der Waals surface area contributed by atoms with Gasteiger partial charge in [-0.25, -0.2) is 0 Å². The molecule has 19 heavy (non-hydrogen) atoms. The van der Waals surface area contributed by atoms with Crippen molar-refractivity contribution in [3.63, 3.8) is 0 Å². The van der Waals surface area contributed by atoms with E-state index in [1.54, 1.807) is 0 Å². The van der Waals surface area contributed by atoms with Gasteiger partial charge in [-0.05, 0) is 26.2 Å². The van der Waals surface area contributed by atoms with E-state index in [-0.39, 0.29) is 11.9 Å². The van der Waals surface area contributed by atoms with Crippen LogP contribution in [0.3, 0.4) is 0 Å². The predicted octanol–water partition coefficient (Wildman–Crippen LogP) is 3.53. The van der Waals surface area contributed by atoms with Crippen molar-refractivity contribution >= 4 is 27.8 Å². The molecule has 1 aliphatic carbocycles. The van der Waals surface area contributed by atoms with Crippen LogP contribution in [0.4, 0.5) is 10.7 Å². The second-order valence-electron chi connectivity index (χ2n) is 5.41. The van der Waals surface area contributed by atoms with Crippen molar-refractivity contribution in [2.75, 3.05) is 11.1 Å². The smallest absolute Gasteiger partial charge is 0.177 e. The molecule has 0 aromatic carbocycles. The van der Waals surface area contributed by atoms with Gasteiger partial charge in [0.05, 0.1) is 16.7 Å². The van der Waals surface area contributed by atoms with E-state index in [4.69, 9.17) is 10.5 Å². The molecule has 0 radical (unpaired) electrons. The molecule has 2 unspecified atom stereocenters. The third-order valence-corrected chi connectivity index (χ3v) is 4.41. The number of anilines is 2. The van der Waals surface area contributed by atoms with Gasteiger partial charge in [-0.15, -0.1) is 11.3 Å². The van der Waals surface area contributed by atoms with E-state index in [1.807, 2.05) is 20.8 Å². The summed E-state index contributed by atoms with van der Waals surface area (Å²) in [5.74, 6) is 1.41. The van der Waals surface area contributed by atoms with E-state index in [2.05, 4.69) is 12.2 Å². The SMILES string of the molecule is CCC(=O)c1sc(NC2CC2C)c(OC(C)C)c1N. The second kappa shape index (κ2) is 5.41.